The largest absolute Gasteiger partial charge is 0.453 e. The van der Waals surface area contributed by atoms with E-state index in [1.165, 1.54) is 12.7 Å². The number of carbonyl (C=O) groups is 2. The zero-order chi connectivity index (χ0) is 17.5. The molecule has 1 N–H and O–H groups in total. The van der Waals surface area contributed by atoms with Gasteiger partial charge in [-0.1, -0.05) is 32.8 Å². The van der Waals surface area contributed by atoms with Gasteiger partial charge in [0, 0.05) is 24.7 Å². The van der Waals surface area contributed by atoms with Crippen LogP contribution in [0.25, 0.3) is 0 Å². The van der Waals surface area contributed by atoms with Gasteiger partial charge in [0.25, 0.3) is 0 Å². The lowest BCUT2D eigenvalue weighted by Gasteiger charge is -2.28. The molecule has 0 unspecified atom stereocenters. The van der Waals surface area contributed by atoms with Crippen LogP contribution in [-0.4, -0.2) is 30.6 Å². The number of methoxy groups -OCH3 is 1. The number of amides is 2. The van der Waals surface area contributed by atoms with Crippen molar-refractivity contribution in [1.82, 2.24) is 4.90 Å². The molecule has 2 rings (SSSR count). The van der Waals surface area contributed by atoms with Crippen LogP contribution in [0, 0.1) is 5.92 Å². The van der Waals surface area contributed by atoms with Gasteiger partial charge in [-0.2, -0.15) is 0 Å². The summed E-state index contributed by atoms with van der Waals surface area (Å²) < 4.78 is 4.80. The van der Waals surface area contributed by atoms with E-state index < -0.39 is 0 Å². The van der Waals surface area contributed by atoms with E-state index in [1.807, 2.05) is 18.2 Å². The normalized spacial score (nSPS) is 13.6. The fourth-order valence-corrected chi connectivity index (χ4v) is 3.27. The number of carbonyl (C=O) groups excluding carboxylic acids is 2. The Kier molecular flexibility index (Phi) is 6.64. The van der Waals surface area contributed by atoms with Crippen LogP contribution in [0.4, 0.5) is 10.5 Å². The van der Waals surface area contributed by atoms with E-state index in [9.17, 15) is 9.59 Å². The maximum Gasteiger partial charge on any atom is 0.409 e. The lowest BCUT2D eigenvalue weighted by atomic mass is 9.96. The number of fused-ring (bicyclic) bond motifs is 1. The molecule has 0 radical (unpaired) electrons. The second-order valence-corrected chi connectivity index (χ2v) is 6.39. The zero-order valence-corrected chi connectivity index (χ0v) is 14.9. The Labute approximate surface area is 144 Å². The minimum atomic E-state index is -0.305. The maximum absolute atomic E-state index is 12.5. The predicted molar refractivity (Wildman–Crippen MR) is 94.9 cm³/mol. The van der Waals surface area contributed by atoms with Gasteiger partial charge in [-0.05, 0) is 42.5 Å². The van der Waals surface area contributed by atoms with Crippen molar-refractivity contribution in [3.8, 4) is 0 Å². The van der Waals surface area contributed by atoms with Gasteiger partial charge in [-0.15, -0.1) is 0 Å². The van der Waals surface area contributed by atoms with Gasteiger partial charge in [0.15, 0.2) is 0 Å². The highest BCUT2D eigenvalue weighted by atomic mass is 16.5. The summed E-state index contributed by atoms with van der Waals surface area (Å²) in [5, 5.41) is 3.05. The van der Waals surface area contributed by atoms with Crippen LogP contribution < -0.4 is 5.32 Å². The fraction of sp³-hybridized carbons (Fsp3) is 0.579. The predicted octanol–water partition coefficient (Wildman–Crippen LogP) is 3.97. The molecule has 1 aliphatic heterocycles. The first-order valence-electron chi connectivity index (χ1n) is 8.84. The molecule has 24 heavy (non-hydrogen) atoms. The van der Waals surface area contributed by atoms with Crippen molar-refractivity contribution in [3.05, 3.63) is 29.3 Å². The van der Waals surface area contributed by atoms with Crippen LogP contribution in [0.3, 0.4) is 0 Å². The van der Waals surface area contributed by atoms with Crippen LogP contribution in [-0.2, 0) is 22.5 Å². The van der Waals surface area contributed by atoms with Gasteiger partial charge < -0.3 is 15.0 Å². The maximum atomic E-state index is 12.5. The smallest absolute Gasteiger partial charge is 0.409 e. The summed E-state index contributed by atoms with van der Waals surface area (Å²) in [7, 11) is 1.40. The summed E-state index contributed by atoms with van der Waals surface area (Å²) >= 11 is 0. The standard InChI is InChI=1S/C19H28N2O3/c1-4-6-15(7-5-2)18(22)20-17-9-8-14-10-11-21(19(23)24-3)13-16(14)12-17/h8-9,12,15H,4-7,10-11,13H2,1-3H3,(H,20,22). The van der Waals surface area contributed by atoms with Crippen molar-refractivity contribution in [2.75, 3.05) is 19.0 Å². The molecule has 0 aliphatic carbocycles. The van der Waals surface area contributed by atoms with Gasteiger partial charge in [0.05, 0.1) is 7.11 Å². The minimum absolute atomic E-state index is 0.0719. The van der Waals surface area contributed by atoms with E-state index in [1.54, 1.807) is 4.90 Å². The summed E-state index contributed by atoms with van der Waals surface area (Å²) in [6.45, 7) is 5.41. The Bertz CT molecular complexity index is 580. The van der Waals surface area contributed by atoms with Crippen molar-refractivity contribution in [1.29, 1.82) is 0 Å². The lowest BCUT2D eigenvalue weighted by Crippen LogP contribution is -2.35. The van der Waals surface area contributed by atoms with Crippen LogP contribution in [0.2, 0.25) is 0 Å². The second kappa shape index (κ2) is 8.71. The Morgan fingerprint density at radius 2 is 1.92 bits per heavy atom. The Hall–Kier alpha value is -2.04. The molecule has 0 aromatic heterocycles. The van der Waals surface area contributed by atoms with E-state index in [0.717, 1.165) is 43.4 Å². The summed E-state index contributed by atoms with van der Waals surface area (Å²) in [6.07, 6.45) is 4.36. The SMILES string of the molecule is CCCC(CCC)C(=O)Nc1ccc2c(c1)CN(C(=O)OC)CC2. The number of nitrogens with zero attached hydrogens (tertiary/aromatic N) is 1. The van der Waals surface area contributed by atoms with Crippen molar-refractivity contribution in [3.63, 3.8) is 0 Å². The Morgan fingerprint density at radius 3 is 2.54 bits per heavy atom. The molecule has 0 bridgehead atoms. The van der Waals surface area contributed by atoms with Crippen LogP contribution in [0.1, 0.15) is 50.7 Å². The average Bonchev–Trinajstić information content (AvgIpc) is 2.60. The quantitative estimate of drug-likeness (QED) is 0.857. The first-order chi connectivity index (χ1) is 11.6. The Balaban J connectivity index is 2.07. The number of ether oxygens (including phenoxy) is 1. The number of hydrogen-bond donors (Lipinski definition) is 1. The second-order valence-electron chi connectivity index (χ2n) is 6.39. The van der Waals surface area contributed by atoms with E-state index in [4.69, 9.17) is 4.74 Å². The monoisotopic (exact) mass is 332 g/mol. The van der Waals surface area contributed by atoms with E-state index in [-0.39, 0.29) is 17.9 Å². The number of hydrogen-bond acceptors (Lipinski definition) is 3. The first-order valence-corrected chi connectivity index (χ1v) is 8.84. The molecular weight excluding hydrogens is 304 g/mol. The van der Waals surface area contributed by atoms with Crippen molar-refractivity contribution in [2.45, 2.75) is 52.5 Å². The third kappa shape index (κ3) is 4.49. The highest BCUT2D eigenvalue weighted by Gasteiger charge is 2.22. The van der Waals surface area contributed by atoms with Gasteiger partial charge in [-0.3, -0.25) is 4.79 Å². The third-order valence-corrected chi connectivity index (χ3v) is 4.56. The van der Waals surface area contributed by atoms with Gasteiger partial charge in [0.2, 0.25) is 5.91 Å². The molecule has 0 atom stereocenters. The molecule has 0 saturated carbocycles. The summed E-state index contributed by atoms with van der Waals surface area (Å²) in [6, 6.07) is 5.99. The molecule has 132 valence electrons. The molecule has 0 spiro atoms. The molecule has 5 nitrogen and oxygen atoms in total. The van der Waals surface area contributed by atoms with Crippen molar-refractivity contribution >= 4 is 17.7 Å². The average molecular weight is 332 g/mol. The summed E-state index contributed by atoms with van der Waals surface area (Å²) in [5.41, 5.74) is 3.11. The van der Waals surface area contributed by atoms with E-state index in [2.05, 4.69) is 19.2 Å². The van der Waals surface area contributed by atoms with Crippen LogP contribution >= 0.6 is 0 Å². The molecule has 0 saturated heterocycles. The first kappa shape index (κ1) is 18.3. The zero-order valence-electron chi connectivity index (χ0n) is 14.9. The van der Waals surface area contributed by atoms with Crippen molar-refractivity contribution < 1.29 is 14.3 Å². The molecule has 0 fully saturated rings. The molecule has 1 aliphatic rings. The summed E-state index contributed by atoms with van der Waals surface area (Å²) in [5.74, 6) is 0.168. The number of benzene rings is 1. The van der Waals surface area contributed by atoms with Gasteiger partial charge >= 0.3 is 6.09 Å². The van der Waals surface area contributed by atoms with Gasteiger partial charge in [-0.25, -0.2) is 4.79 Å². The fourth-order valence-electron chi connectivity index (χ4n) is 3.27. The minimum Gasteiger partial charge on any atom is -0.453 e. The topological polar surface area (TPSA) is 58.6 Å². The third-order valence-electron chi connectivity index (χ3n) is 4.56. The number of anilines is 1. The Morgan fingerprint density at radius 1 is 1.21 bits per heavy atom. The number of rotatable bonds is 6. The molecular formula is C19H28N2O3. The van der Waals surface area contributed by atoms with E-state index >= 15 is 0 Å². The van der Waals surface area contributed by atoms with E-state index in [0.29, 0.717) is 13.1 Å². The van der Waals surface area contributed by atoms with Crippen LogP contribution in [0.15, 0.2) is 18.2 Å². The molecule has 2 amide bonds. The highest BCUT2D eigenvalue weighted by molar-refractivity contribution is 5.92. The lowest BCUT2D eigenvalue weighted by molar-refractivity contribution is -0.120. The van der Waals surface area contributed by atoms with Gasteiger partial charge in [0.1, 0.15) is 0 Å². The van der Waals surface area contributed by atoms with Crippen molar-refractivity contribution in [2.24, 2.45) is 5.92 Å². The summed E-state index contributed by atoms with van der Waals surface area (Å²) in [4.78, 5) is 25.9. The molecule has 1 heterocycles. The number of nitrogens with one attached hydrogen (secondary N) is 1. The molecule has 1 aromatic rings. The highest BCUT2D eigenvalue weighted by Crippen LogP contribution is 2.24. The molecule has 5 heteroatoms. The van der Waals surface area contributed by atoms with Crippen LogP contribution in [0.5, 0.6) is 0 Å². The molecule has 1 aromatic carbocycles.